The molecule has 0 aliphatic heterocycles. The maximum absolute atomic E-state index is 12.1. The van der Waals surface area contributed by atoms with Crippen LogP contribution in [0.4, 0.5) is 0 Å². The molecule has 0 N–H and O–H groups in total. The van der Waals surface area contributed by atoms with E-state index in [1.807, 2.05) is 49.7 Å². The van der Waals surface area contributed by atoms with Crippen LogP contribution in [0, 0.1) is 26.7 Å². The summed E-state index contributed by atoms with van der Waals surface area (Å²) in [7, 11) is 0. The Labute approximate surface area is 149 Å². The molecule has 0 aliphatic rings. The fourth-order valence-electron chi connectivity index (χ4n) is 2.73. The Bertz CT molecular complexity index is 720. The third kappa shape index (κ3) is 5.62. The van der Waals surface area contributed by atoms with Crippen molar-refractivity contribution < 1.29 is 14.3 Å². The van der Waals surface area contributed by atoms with E-state index in [0.29, 0.717) is 12.5 Å². The lowest BCUT2D eigenvalue weighted by Gasteiger charge is -2.09. The molecule has 25 heavy (non-hydrogen) atoms. The van der Waals surface area contributed by atoms with E-state index in [9.17, 15) is 4.79 Å². The zero-order valence-electron chi connectivity index (χ0n) is 15.8. The number of hydrogen-bond donors (Lipinski definition) is 0. The summed E-state index contributed by atoms with van der Waals surface area (Å²) in [5.41, 5.74) is 4.04. The van der Waals surface area contributed by atoms with E-state index in [2.05, 4.69) is 18.9 Å². The molecule has 1 aromatic heterocycles. The first kappa shape index (κ1) is 19.0. The number of carbonyl (C=O) groups excluding carboxylic acids is 1. The quantitative estimate of drug-likeness (QED) is 0.542. The Kier molecular flexibility index (Phi) is 6.62. The van der Waals surface area contributed by atoms with Crippen molar-refractivity contribution >= 4 is 5.97 Å². The number of benzene rings is 1. The molecule has 136 valence electrons. The van der Waals surface area contributed by atoms with Crippen molar-refractivity contribution in [3.63, 3.8) is 0 Å². The minimum Gasteiger partial charge on any atom is -0.490 e. The van der Waals surface area contributed by atoms with Gasteiger partial charge in [0.15, 0.2) is 0 Å². The standard InChI is InChI=1S/C20H28N2O3/c1-14(2)13-22-17(5)19(16(4)21-22)12-20(23)25-10-9-24-18-8-6-7-15(3)11-18/h6-8,11,14H,9-10,12-13H2,1-5H3. The Morgan fingerprint density at radius 1 is 1.20 bits per heavy atom. The minimum atomic E-state index is -0.247. The summed E-state index contributed by atoms with van der Waals surface area (Å²) in [4.78, 5) is 12.1. The fourth-order valence-corrected chi connectivity index (χ4v) is 2.73. The van der Waals surface area contributed by atoms with Gasteiger partial charge in [-0.2, -0.15) is 5.10 Å². The van der Waals surface area contributed by atoms with Gasteiger partial charge in [0.25, 0.3) is 0 Å². The number of nitrogens with zero attached hydrogens (tertiary/aromatic N) is 2. The van der Waals surface area contributed by atoms with Gasteiger partial charge < -0.3 is 9.47 Å². The highest BCUT2D eigenvalue weighted by atomic mass is 16.6. The number of aromatic nitrogens is 2. The van der Waals surface area contributed by atoms with Crippen LogP contribution in [0.25, 0.3) is 0 Å². The summed E-state index contributed by atoms with van der Waals surface area (Å²) in [6.07, 6.45) is 0.250. The van der Waals surface area contributed by atoms with Gasteiger partial charge in [0.05, 0.1) is 12.1 Å². The van der Waals surface area contributed by atoms with Crippen LogP contribution in [0.2, 0.25) is 0 Å². The second-order valence-electron chi connectivity index (χ2n) is 6.79. The lowest BCUT2D eigenvalue weighted by molar-refractivity contribution is -0.143. The maximum atomic E-state index is 12.1. The zero-order chi connectivity index (χ0) is 18.4. The molecule has 5 heteroatoms. The zero-order valence-corrected chi connectivity index (χ0v) is 15.8. The molecule has 1 heterocycles. The van der Waals surface area contributed by atoms with E-state index in [1.165, 1.54) is 0 Å². The summed E-state index contributed by atoms with van der Waals surface area (Å²) in [6, 6.07) is 7.80. The summed E-state index contributed by atoms with van der Waals surface area (Å²) in [5.74, 6) is 1.05. The van der Waals surface area contributed by atoms with Gasteiger partial charge in [-0.3, -0.25) is 9.48 Å². The third-order valence-electron chi connectivity index (χ3n) is 4.00. The molecule has 0 bridgehead atoms. The van der Waals surface area contributed by atoms with Crippen LogP contribution in [0.1, 0.15) is 36.4 Å². The monoisotopic (exact) mass is 344 g/mol. The first-order valence-electron chi connectivity index (χ1n) is 8.74. The molecule has 0 amide bonds. The average Bonchev–Trinajstić information content (AvgIpc) is 2.78. The van der Waals surface area contributed by atoms with Crippen molar-refractivity contribution in [2.24, 2.45) is 5.92 Å². The smallest absolute Gasteiger partial charge is 0.310 e. The summed E-state index contributed by atoms with van der Waals surface area (Å²) < 4.78 is 12.9. The third-order valence-corrected chi connectivity index (χ3v) is 4.00. The van der Waals surface area contributed by atoms with Crippen LogP contribution in [0.5, 0.6) is 5.75 Å². The van der Waals surface area contributed by atoms with Gasteiger partial charge in [-0.25, -0.2) is 0 Å². The largest absolute Gasteiger partial charge is 0.490 e. The SMILES string of the molecule is Cc1cccc(OCCOC(=O)Cc2c(C)nn(CC(C)C)c2C)c1. The number of esters is 1. The van der Waals surface area contributed by atoms with Crippen molar-refractivity contribution in [1.82, 2.24) is 9.78 Å². The molecule has 0 saturated carbocycles. The molecule has 0 unspecified atom stereocenters. The number of hydrogen-bond acceptors (Lipinski definition) is 4. The summed E-state index contributed by atoms with van der Waals surface area (Å²) >= 11 is 0. The summed E-state index contributed by atoms with van der Waals surface area (Å²) in [5, 5.41) is 4.53. The van der Waals surface area contributed by atoms with E-state index >= 15 is 0 Å². The van der Waals surface area contributed by atoms with E-state index in [-0.39, 0.29) is 19.0 Å². The second kappa shape index (κ2) is 8.70. The van der Waals surface area contributed by atoms with E-state index in [4.69, 9.17) is 9.47 Å². The Hall–Kier alpha value is -2.30. The van der Waals surface area contributed by atoms with Gasteiger partial charge in [0.2, 0.25) is 0 Å². The molecular weight excluding hydrogens is 316 g/mol. The van der Waals surface area contributed by atoms with Gasteiger partial charge in [-0.1, -0.05) is 26.0 Å². The van der Waals surface area contributed by atoms with Crippen molar-refractivity contribution in [2.45, 2.75) is 47.6 Å². The topological polar surface area (TPSA) is 53.4 Å². The molecule has 2 rings (SSSR count). The number of ether oxygens (including phenoxy) is 2. The molecule has 2 aromatic rings. The fraction of sp³-hybridized carbons (Fsp3) is 0.500. The van der Waals surface area contributed by atoms with Gasteiger partial charge in [-0.15, -0.1) is 0 Å². The molecule has 0 radical (unpaired) electrons. The van der Waals surface area contributed by atoms with Gasteiger partial charge in [-0.05, 0) is 44.4 Å². The van der Waals surface area contributed by atoms with Gasteiger partial charge in [0.1, 0.15) is 19.0 Å². The molecule has 5 nitrogen and oxygen atoms in total. The van der Waals surface area contributed by atoms with Crippen LogP contribution in [-0.2, 0) is 22.5 Å². The van der Waals surface area contributed by atoms with E-state index in [0.717, 1.165) is 34.8 Å². The lowest BCUT2D eigenvalue weighted by Crippen LogP contribution is -2.15. The van der Waals surface area contributed by atoms with Crippen LogP contribution >= 0.6 is 0 Å². The van der Waals surface area contributed by atoms with Crippen LogP contribution in [-0.4, -0.2) is 29.0 Å². The lowest BCUT2D eigenvalue weighted by atomic mass is 10.1. The number of rotatable bonds is 8. The highest BCUT2D eigenvalue weighted by Crippen LogP contribution is 2.16. The highest BCUT2D eigenvalue weighted by molar-refractivity contribution is 5.73. The molecule has 0 saturated heterocycles. The van der Waals surface area contributed by atoms with Gasteiger partial charge in [0, 0.05) is 17.8 Å². The first-order valence-corrected chi connectivity index (χ1v) is 8.74. The second-order valence-corrected chi connectivity index (χ2v) is 6.79. The van der Waals surface area contributed by atoms with Crippen LogP contribution < -0.4 is 4.74 Å². The molecule has 1 aromatic carbocycles. The Morgan fingerprint density at radius 3 is 2.64 bits per heavy atom. The molecule has 0 spiro atoms. The number of carbonyl (C=O) groups is 1. The van der Waals surface area contributed by atoms with E-state index < -0.39 is 0 Å². The minimum absolute atomic E-state index is 0.241. The normalized spacial score (nSPS) is 11.0. The molecule has 0 atom stereocenters. The maximum Gasteiger partial charge on any atom is 0.310 e. The Morgan fingerprint density at radius 2 is 1.96 bits per heavy atom. The van der Waals surface area contributed by atoms with Crippen LogP contribution in [0.15, 0.2) is 24.3 Å². The van der Waals surface area contributed by atoms with Crippen LogP contribution in [0.3, 0.4) is 0 Å². The molecule has 0 aliphatic carbocycles. The molecular formula is C20H28N2O3. The average molecular weight is 344 g/mol. The predicted octanol–water partition coefficient (Wildman–Crippen LogP) is 3.63. The Balaban J connectivity index is 1.81. The number of aryl methyl sites for hydroxylation is 2. The van der Waals surface area contributed by atoms with Gasteiger partial charge >= 0.3 is 5.97 Å². The van der Waals surface area contributed by atoms with E-state index in [1.54, 1.807) is 0 Å². The summed E-state index contributed by atoms with van der Waals surface area (Å²) in [6.45, 7) is 11.7. The van der Waals surface area contributed by atoms with Crippen molar-refractivity contribution in [3.8, 4) is 5.75 Å². The molecule has 0 fully saturated rings. The predicted molar refractivity (Wildman–Crippen MR) is 97.9 cm³/mol. The van der Waals surface area contributed by atoms with Crippen molar-refractivity contribution in [3.05, 3.63) is 46.8 Å². The van der Waals surface area contributed by atoms with Crippen molar-refractivity contribution in [2.75, 3.05) is 13.2 Å². The highest BCUT2D eigenvalue weighted by Gasteiger charge is 2.16. The van der Waals surface area contributed by atoms with Crippen molar-refractivity contribution in [1.29, 1.82) is 0 Å². The first-order chi connectivity index (χ1) is 11.9.